The van der Waals surface area contributed by atoms with E-state index in [1.54, 1.807) is 24.3 Å². The maximum absolute atomic E-state index is 12.1. The fraction of sp³-hybridized carbons (Fsp3) is 0.471. The molecule has 1 aromatic carbocycles. The van der Waals surface area contributed by atoms with Crippen LogP contribution in [0.25, 0.3) is 0 Å². The number of aliphatic hydroxyl groups excluding tert-OH is 1. The first-order chi connectivity index (χ1) is 12.0. The van der Waals surface area contributed by atoms with Crippen LogP contribution in [-0.2, 0) is 20.9 Å². The third kappa shape index (κ3) is 7.67. The molecule has 0 spiro atoms. The Morgan fingerprint density at radius 3 is 2.40 bits per heavy atom. The van der Waals surface area contributed by atoms with Gasteiger partial charge in [-0.2, -0.15) is 0 Å². The van der Waals surface area contributed by atoms with Gasteiger partial charge in [-0.1, -0.05) is 50.1 Å². The molecular weight excluding hydrogens is 326 g/mol. The van der Waals surface area contributed by atoms with Gasteiger partial charge in [0.15, 0.2) is 0 Å². The van der Waals surface area contributed by atoms with Crippen molar-refractivity contribution in [3.8, 4) is 0 Å². The second kappa shape index (κ2) is 11.0. The van der Waals surface area contributed by atoms with E-state index >= 15 is 0 Å². The summed E-state index contributed by atoms with van der Waals surface area (Å²) in [6.07, 6.45) is 1.10. The maximum Gasteiger partial charge on any atom is 0.408 e. The van der Waals surface area contributed by atoms with Gasteiger partial charge < -0.3 is 26.2 Å². The fourth-order valence-electron chi connectivity index (χ4n) is 2.07. The van der Waals surface area contributed by atoms with Crippen LogP contribution < -0.4 is 16.4 Å². The molecule has 0 fully saturated rings. The van der Waals surface area contributed by atoms with Crippen LogP contribution in [-0.4, -0.2) is 41.7 Å². The van der Waals surface area contributed by atoms with E-state index in [4.69, 9.17) is 10.5 Å². The predicted octanol–water partition coefficient (Wildman–Crippen LogP) is 0.434. The minimum absolute atomic E-state index is 0.0346. The van der Waals surface area contributed by atoms with Crippen molar-refractivity contribution in [2.75, 3.05) is 6.61 Å². The van der Waals surface area contributed by atoms with Gasteiger partial charge in [-0.15, -0.1) is 0 Å². The number of primary amides is 1. The summed E-state index contributed by atoms with van der Waals surface area (Å²) in [7, 11) is 0. The molecule has 0 heterocycles. The molecule has 8 nitrogen and oxygen atoms in total. The average molecular weight is 351 g/mol. The lowest BCUT2D eigenvalue weighted by molar-refractivity contribution is -0.129. The Balaban J connectivity index is 2.51. The van der Waals surface area contributed by atoms with Crippen molar-refractivity contribution in [2.45, 2.75) is 44.9 Å². The van der Waals surface area contributed by atoms with Crippen molar-refractivity contribution in [3.05, 3.63) is 35.9 Å². The Hall–Kier alpha value is -2.61. The number of alkyl carbamates (subject to hydrolysis) is 1. The summed E-state index contributed by atoms with van der Waals surface area (Å²) < 4.78 is 5.00. The molecule has 2 atom stereocenters. The van der Waals surface area contributed by atoms with Gasteiger partial charge in [0.25, 0.3) is 0 Å². The molecule has 1 aromatic rings. The Morgan fingerprint density at radius 1 is 1.16 bits per heavy atom. The fourth-order valence-corrected chi connectivity index (χ4v) is 2.07. The SMILES string of the molecule is CCCC[C@H](NC(=O)[C@H](CO)NC(=O)OCc1ccccc1)C(N)=O. The number of benzene rings is 1. The van der Waals surface area contributed by atoms with E-state index in [-0.39, 0.29) is 6.61 Å². The van der Waals surface area contributed by atoms with Crippen molar-refractivity contribution in [2.24, 2.45) is 5.73 Å². The molecule has 0 unspecified atom stereocenters. The predicted molar refractivity (Wildman–Crippen MR) is 91.3 cm³/mol. The number of hydrogen-bond donors (Lipinski definition) is 4. The van der Waals surface area contributed by atoms with E-state index in [1.807, 2.05) is 13.0 Å². The molecule has 0 radical (unpaired) electrons. The number of aliphatic hydroxyl groups is 1. The summed E-state index contributed by atoms with van der Waals surface area (Å²) >= 11 is 0. The highest BCUT2D eigenvalue weighted by atomic mass is 16.5. The van der Waals surface area contributed by atoms with Gasteiger partial charge in [0.2, 0.25) is 11.8 Å². The third-order valence-corrected chi connectivity index (χ3v) is 3.51. The smallest absolute Gasteiger partial charge is 0.408 e. The van der Waals surface area contributed by atoms with Gasteiger partial charge >= 0.3 is 6.09 Å². The number of hydrogen-bond acceptors (Lipinski definition) is 5. The largest absolute Gasteiger partial charge is 0.445 e. The van der Waals surface area contributed by atoms with Crippen molar-refractivity contribution in [1.82, 2.24) is 10.6 Å². The van der Waals surface area contributed by atoms with Crippen LogP contribution in [0, 0.1) is 0 Å². The lowest BCUT2D eigenvalue weighted by Crippen LogP contribution is -2.54. The molecule has 8 heteroatoms. The van der Waals surface area contributed by atoms with Crippen LogP contribution >= 0.6 is 0 Å². The summed E-state index contributed by atoms with van der Waals surface area (Å²) in [6.45, 7) is 1.35. The monoisotopic (exact) mass is 351 g/mol. The van der Waals surface area contributed by atoms with Crippen LogP contribution in [0.2, 0.25) is 0 Å². The summed E-state index contributed by atoms with van der Waals surface area (Å²) in [5.41, 5.74) is 6.04. The van der Waals surface area contributed by atoms with Crippen molar-refractivity contribution in [3.63, 3.8) is 0 Å². The normalized spacial score (nSPS) is 12.7. The Kier molecular flexibility index (Phi) is 9.02. The van der Waals surface area contributed by atoms with Crippen molar-refractivity contribution < 1.29 is 24.2 Å². The zero-order valence-electron chi connectivity index (χ0n) is 14.2. The molecule has 0 saturated heterocycles. The first kappa shape index (κ1) is 20.4. The summed E-state index contributed by atoms with van der Waals surface area (Å²) in [6, 6.07) is 6.95. The quantitative estimate of drug-likeness (QED) is 0.486. The zero-order valence-corrected chi connectivity index (χ0v) is 14.2. The highest BCUT2D eigenvalue weighted by Gasteiger charge is 2.25. The van der Waals surface area contributed by atoms with Crippen molar-refractivity contribution >= 4 is 17.9 Å². The standard InChI is InChI=1S/C17H25N3O5/c1-2-3-9-13(15(18)22)19-16(23)14(10-21)20-17(24)25-11-12-7-5-4-6-8-12/h4-8,13-14,21H,2-3,9-11H2,1H3,(H2,18,22)(H,19,23)(H,20,24)/t13-,14-/m0/s1. The van der Waals surface area contributed by atoms with Gasteiger partial charge in [-0.05, 0) is 12.0 Å². The van der Waals surface area contributed by atoms with E-state index in [0.717, 1.165) is 12.0 Å². The molecule has 5 N–H and O–H groups in total. The molecule has 0 aliphatic carbocycles. The van der Waals surface area contributed by atoms with E-state index < -0.39 is 36.6 Å². The first-order valence-corrected chi connectivity index (χ1v) is 8.15. The van der Waals surface area contributed by atoms with Gasteiger partial charge in [0.05, 0.1) is 6.61 Å². The second-order valence-corrected chi connectivity index (χ2v) is 5.55. The van der Waals surface area contributed by atoms with E-state index in [1.165, 1.54) is 0 Å². The average Bonchev–Trinajstić information content (AvgIpc) is 2.61. The minimum atomic E-state index is -1.23. The molecule has 3 amide bonds. The lowest BCUT2D eigenvalue weighted by atomic mass is 10.1. The first-order valence-electron chi connectivity index (χ1n) is 8.15. The summed E-state index contributed by atoms with van der Waals surface area (Å²) in [4.78, 5) is 35.2. The molecule has 0 bridgehead atoms. The van der Waals surface area contributed by atoms with Gasteiger partial charge in [-0.25, -0.2) is 4.79 Å². The third-order valence-electron chi connectivity index (χ3n) is 3.51. The molecule has 0 aliphatic heterocycles. The highest BCUT2D eigenvalue weighted by molar-refractivity contribution is 5.90. The number of carbonyl (C=O) groups is 3. The van der Waals surface area contributed by atoms with Crippen LogP contribution in [0.5, 0.6) is 0 Å². The zero-order chi connectivity index (χ0) is 18.7. The highest BCUT2D eigenvalue weighted by Crippen LogP contribution is 2.02. The number of nitrogens with two attached hydrogens (primary N) is 1. The van der Waals surface area contributed by atoms with Gasteiger partial charge in [0.1, 0.15) is 18.7 Å². The van der Waals surface area contributed by atoms with E-state index in [9.17, 15) is 19.5 Å². The van der Waals surface area contributed by atoms with Crippen LogP contribution in [0.3, 0.4) is 0 Å². The number of ether oxygens (including phenoxy) is 1. The van der Waals surface area contributed by atoms with E-state index in [0.29, 0.717) is 12.8 Å². The maximum atomic E-state index is 12.1. The molecule has 0 saturated carbocycles. The Labute approximate surface area is 146 Å². The number of nitrogens with one attached hydrogen (secondary N) is 2. The molecule has 25 heavy (non-hydrogen) atoms. The Bertz CT molecular complexity index is 565. The number of rotatable bonds is 10. The molecular formula is C17H25N3O5. The molecule has 138 valence electrons. The number of unbranched alkanes of at least 4 members (excludes halogenated alkanes) is 1. The number of amides is 3. The van der Waals surface area contributed by atoms with Crippen molar-refractivity contribution in [1.29, 1.82) is 0 Å². The van der Waals surface area contributed by atoms with Gasteiger partial charge in [-0.3, -0.25) is 9.59 Å². The summed E-state index contributed by atoms with van der Waals surface area (Å²) in [5.74, 6) is -1.36. The molecule has 1 rings (SSSR count). The summed E-state index contributed by atoms with van der Waals surface area (Å²) in [5, 5.41) is 14.0. The second-order valence-electron chi connectivity index (χ2n) is 5.55. The van der Waals surface area contributed by atoms with Gasteiger partial charge in [0, 0.05) is 0 Å². The number of carbonyl (C=O) groups excluding carboxylic acids is 3. The van der Waals surface area contributed by atoms with E-state index in [2.05, 4.69) is 10.6 Å². The van der Waals surface area contributed by atoms with Crippen LogP contribution in [0.1, 0.15) is 31.7 Å². The minimum Gasteiger partial charge on any atom is -0.445 e. The molecule has 0 aromatic heterocycles. The lowest BCUT2D eigenvalue weighted by Gasteiger charge is -2.20. The molecule has 0 aliphatic rings. The van der Waals surface area contributed by atoms with Crippen LogP contribution in [0.15, 0.2) is 30.3 Å². The Morgan fingerprint density at radius 2 is 1.84 bits per heavy atom. The van der Waals surface area contributed by atoms with Crippen LogP contribution in [0.4, 0.5) is 4.79 Å². The topological polar surface area (TPSA) is 131 Å².